The van der Waals surface area contributed by atoms with Crippen molar-refractivity contribution in [1.29, 1.82) is 0 Å². The van der Waals surface area contributed by atoms with E-state index in [9.17, 15) is 5.11 Å². The van der Waals surface area contributed by atoms with Crippen LogP contribution in [0.1, 0.15) is 44.2 Å². The Labute approximate surface area is 128 Å². The second kappa shape index (κ2) is 7.28. The lowest BCUT2D eigenvalue weighted by molar-refractivity contribution is -0.954. The number of piperidine rings is 1. The van der Waals surface area contributed by atoms with Gasteiger partial charge in [-0.3, -0.25) is 0 Å². The molecule has 0 radical (unpaired) electrons. The normalized spacial score (nSPS) is 24.8. The molecule has 1 saturated heterocycles. The number of nitrogens with one attached hydrogen (secondary N) is 1. The summed E-state index contributed by atoms with van der Waals surface area (Å²) in [7, 11) is 0. The van der Waals surface area contributed by atoms with Crippen molar-refractivity contribution in [2.45, 2.75) is 65.1 Å². The third-order valence-corrected chi connectivity index (χ3v) is 4.77. The molecule has 3 atom stereocenters. The van der Waals surface area contributed by atoms with Crippen molar-refractivity contribution in [3.8, 4) is 5.75 Å². The molecule has 3 heteroatoms. The van der Waals surface area contributed by atoms with Crippen molar-refractivity contribution >= 4 is 0 Å². The predicted molar refractivity (Wildman–Crippen MR) is 86.0 cm³/mol. The highest BCUT2D eigenvalue weighted by atomic mass is 16.5. The third-order valence-electron chi connectivity index (χ3n) is 4.77. The maximum Gasteiger partial charge on any atom is 0.137 e. The first kappa shape index (κ1) is 16.3. The molecule has 0 bridgehead atoms. The maximum absolute atomic E-state index is 10.3. The molecule has 1 aliphatic heterocycles. The van der Waals surface area contributed by atoms with Crippen LogP contribution in [0.15, 0.2) is 18.2 Å². The smallest absolute Gasteiger partial charge is 0.137 e. The van der Waals surface area contributed by atoms with Crippen LogP contribution in [-0.4, -0.2) is 36.4 Å². The Kier molecular flexibility index (Phi) is 5.65. The first-order valence-electron chi connectivity index (χ1n) is 8.21. The van der Waals surface area contributed by atoms with Crippen LogP contribution in [0, 0.1) is 13.8 Å². The zero-order valence-corrected chi connectivity index (χ0v) is 13.9. The van der Waals surface area contributed by atoms with Gasteiger partial charge in [0, 0.05) is 0 Å². The Bertz CT molecular complexity index is 451. The van der Waals surface area contributed by atoms with Gasteiger partial charge >= 0.3 is 0 Å². The molecule has 2 N–H and O–H groups in total. The van der Waals surface area contributed by atoms with Crippen LogP contribution in [0.2, 0.25) is 0 Å². The largest absolute Gasteiger partial charge is 0.490 e. The summed E-state index contributed by atoms with van der Waals surface area (Å²) in [6, 6.07) is 7.45. The zero-order valence-electron chi connectivity index (χ0n) is 13.9. The Morgan fingerprint density at radius 1 is 1.24 bits per heavy atom. The molecule has 0 amide bonds. The summed E-state index contributed by atoms with van der Waals surface area (Å²) in [6.45, 7) is 9.88. The number of benzene rings is 1. The molecule has 1 aromatic carbocycles. The third kappa shape index (κ3) is 4.45. The Balaban J connectivity index is 1.85. The van der Waals surface area contributed by atoms with E-state index in [1.165, 1.54) is 29.7 Å². The molecule has 0 aliphatic carbocycles. The van der Waals surface area contributed by atoms with E-state index < -0.39 is 6.10 Å². The summed E-state index contributed by atoms with van der Waals surface area (Å²) < 4.78 is 5.80. The van der Waals surface area contributed by atoms with Crippen LogP contribution in [0.25, 0.3) is 0 Å². The number of aliphatic hydroxyl groups excluding tert-OH is 1. The van der Waals surface area contributed by atoms with Crippen LogP contribution in [0.3, 0.4) is 0 Å². The van der Waals surface area contributed by atoms with E-state index in [4.69, 9.17) is 4.74 Å². The highest BCUT2D eigenvalue weighted by Gasteiger charge is 2.30. The first-order chi connectivity index (χ1) is 9.97. The van der Waals surface area contributed by atoms with Crippen molar-refractivity contribution in [2.75, 3.05) is 13.2 Å². The van der Waals surface area contributed by atoms with Crippen LogP contribution >= 0.6 is 0 Å². The summed E-state index contributed by atoms with van der Waals surface area (Å²) in [5.74, 6) is 0.884. The summed E-state index contributed by atoms with van der Waals surface area (Å²) in [6.07, 6.45) is 3.46. The van der Waals surface area contributed by atoms with Gasteiger partial charge in [-0.2, -0.15) is 0 Å². The van der Waals surface area contributed by atoms with Gasteiger partial charge in [0.25, 0.3) is 0 Å². The number of aryl methyl sites for hydroxylation is 2. The summed E-state index contributed by atoms with van der Waals surface area (Å²) >= 11 is 0. The maximum atomic E-state index is 10.3. The van der Waals surface area contributed by atoms with Gasteiger partial charge in [-0.1, -0.05) is 17.7 Å². The van der Waals surface area contributed by atoms with E-state index in [-0.39, 0.29) is 0 Å². The minimum Gasteiger partial charge on any atom is -0.490 e. The van der Waals surface area contributed by atoms with Crippen molar-refractivity contribution in [3.63, 3.8) is 0 Å². The lowest BCUT2D eigenvalue weighted by atomic mass is 9.97. The molecular formula is C18H30NO2+. The molecule has 0 saturated carbocycles. The van der Waals surface area contributed by atoms with Crippen molar-refractivity contribution in [2.24, 2.45) is 0 Å². The number of ether oxygens (including phenoxy) is 1. The lowest BCUT2D eigenvalue weighted by Crippen LogP contribution is -3.20. The van der Waals surface area contributed by atoms with Gasteiger partial charge in [-0.15, -0.1) is 0 Å². The number of quaternary nitrogens is 1. The molecule has 118 valence electrons. The molecule has 21 heavy (non-hydrogen) atoms. The number of aliphatic hydroxyl groups is 1. The van der Waals surface area contributed by atoms with Gasteiger partial charge in [-0.05, 0) is 58.6 Å². The van der Waals surface area contributed by atoms with Gasteiger partial charge in [-0.25, -0.2) is 0 Å². The van der Waals surface area contributed by atoms with Crippen LogP contribution < -0.4 is 9.64 Å². The standard InChI is InChI=1S/C18H29NO2/c1-13-8-9-18(14(2)10-13)21-12-17(20)11-19-15(3)6-5-7-16(19)4/h8-10,15-17,20H,5-7,11-12H2,1-4H3/p+1/t15-,16-,17+/m1/s1. The molecule has 2 rings (SSSR count). The first-order valence-corrected chi connectivity index (χ1v) is 8.21. The van der Waals surface area contributed by atoms with Gasteiger partial charge in [0.1, 0.15) is 25.0 Å². The molecule has 0 aromatic heterocycles. The van der Waals surface area contributed by atoms with E-state index in [0.29, 0.717) is 18.7 Å². The second-order valence-electron chi connectivity index (χ2n) is 6.75. The Hall–Kier alpha value is -1.06. The fourth-order valence-corrected chi connectivity index (χ4v) is 3.47. The summed E-state index contributed by atoms with van der Waals surface area (Å²) in [4.78, 5) is 1.53. The zero-order chi connectivity index (χ0) is 15.4. The number of likely N-dealkylation sites (tertiary alicyclic amines) is 1. The van der Waals surface area contributed by atoms with Gasteiger partial charge < -0.3 is 14.7 Å². The average molecular weight is 292 g/mol. The van der Waals surface area contributed by atoms with E-state index in [0.717, 1.165) is 17.9 Å². The van der Waals surface area contributed by atoms with Gasteiger partial charge in [0.05, 0.1) is 12.1 Å². The second-order valence-corrected chi connectivity index (χ2v) is 6.75. The number of hydrogen-bond donors (Lipinski definition) is 2. The van der Waals surface area contributed by atoms with E-state index in [2.05, 4.69) is 39.8 Å². The quantitative estimate of drug-likeness (QED) is 0.869. The SMILES string of the molecule is Cc1ccc(OC[C@@H](O)C[NH+]2[C@H](C)CCC[C@H]2C)c(C)c1. The molecule has 3 nitrogen and oxygen atoms in total. The molecule has 1 fully saturated rings. The molecule has 0 spiro atoms. The molecule has 1 aromatic rings. The number of rotatable bonds is 5. The molecule has 1 aliphatic rings. The van der Waals surface area contributed by atoms with Crippen LogP contribution in [0.4, 0.5) is 0 Å². The van der Waals surface area contributed by atoms with Crippen molar-refractivity contribution in [3.05, 3.63) is 29.3 Å². The van der Waals surface area contributed by atoms with Gasteiger partial charge in [0.2, 0.25) is 0 Å². The van der Waals surface area contributed by atoms with Crippen molar-refractivity contribution in [1.82, 2.24) is 0 Å². The van der Waals surface area contributed by atoms with Crippen molar-refractivity contribution < 1.29 is 14.7 Å². The van der Waals surface area contributed by atoms with E-state index in [1.807, 2.05) is 6.07 Å². The predicted octanol–water partition coefficient (Wildman–Crippen LogP) is 1.89. The topological polar surface area (TPSA) is 33.9 Å². The molecule has 0 unspecified atom stereocenters. The fourth-order valence-electron chi connectivity index (χ4n) is 3.47. The molecular weight excluding hydrogens is 262 g/mol. The fraction of sp³-hybridized carbons (Fsp3) is 0.667. The van der Waals surface area contributed by atoms with E-state index in [1.54, 1.807) is 0 Å². The number of hydrogen-bond acceptors (Lipinski definition) is 2. The highest BCUT2D eigenvalue weighted by molar-refractivity contribution is 5.35. The molecule has 1 heterocycles. The Morgan fingerprint density at radius 2 is 1.90 bits per heavy atom. The minimum atomic E-state index is -0.399. The van der Waals surface area contributed by atoms with Crippen LogP contribution in [0.5, 0.6) is 5.75 Å². The summed E-state index contributed by atoms with van der Waals surface area (Å²) in [5.41, 5.74) is 2.37. The van der Waals surface area contributed by atoms with E-state index >= 15 is 0 Å². The Morgan fingerprint density at radius 3 is 2.52 bits per heavy atom. The monoisotopic (exact) mass is 292 g/mol. The average Bonchev–Trinajstić information content (AvgIpc) is 2.42. The minimum absolute atomic E-state index is 0.382. The highest BCUT2D eigenvalue weighted by Crippen LogP contribution is 2.18. The van der Waals surface area contributed by atoms with Gasteiger partial charge in [0.15, 0.2) is 0 Å². The lowest BCUT2D eigenvalue weighted by Gasteiger charge is -2.36. The van der Waals surface area contributed by atoms with Crippen LogP contribution in [-0.2, 0) is 0 Å². The summed E-state index contributed by atoms with van der Waals surface area (Å²) in [5, 5.41) is 10.3.